The maximum Gasteiger partial charge on any atom is 0.341 e. The standard InChI is InChI=1S/C34H61N7O6Si3/c1-15-45-30(42)22-18-37-41(19-22)31-38-27(35)26-28(39-31)40(21-36-26)29-24(17-34(7,8)49(11,12)44)23(16-33(5,6)48(9,10)43)25(47-29)20-46-50(13,14)32(2,3)4/h18-19,21,23-25,29,43-44H,15-17,20H2,1-14H3,(H2,35,38,39)/t23-,24+,25?,29?/m0/s1. The molecule has 0 aromatic carbocycles. The maximum absolute atomic E-state index is 12.4. The fourth-order valence-electron chi connectivity index (χ4n) is 5.99. The minimum Gasteiger partial charge on any atom is -0.462 e. The summed E-state index contributed by atoms with van der Waals surface area (Å²) < 4.78 is 22.4. The van der Waals surface area contributed by atoms with Gasteiger partial charge in [0, 0.05) is 12.1 Å². The lowest BCUT2D eigenvalue weighted by Gasteiger charge is -2.43. The summed E-state index contributed by atoms with van der Waals surface area (Å²) in [5.41, 5.74) is 7.63. The van der Waals surface area contributed by atoms with Crippen molar-refractivity contribution < 1.29 is 28.3 Å². The van der Waals surface area contributed by atoms with Crippen molar-refractivity contribution in [3.8, 4) is 5.95 Å². The van der Waals surface area contributed by atoms with E-state index in [9.17, 15) is 14.4 Å². The molecule has 4 heterocycles. The van der Waals surface area contributed by atoms with E-state index in [1.807, 2.05) is 30.8 Å². The summed E-state index contributed by atoms with van der Waals surface area (Å²) in [5, 5.41) is 3.61. The molecule has 0 radical (unpaired) electrons. The molecule has 0 aliphatic carbocycles. The molecular weight excluding hydrogens is 687 g/mol. The molecule has 4 rings (SSSR count). The number of imidazole rings is 1. The Labute approximate surface area is 300 Å². The normalized spacial score (nSPS) is 21.3. The number of fused-ring (bicyclic) bond motifs is 1. The Morgan fingerprint density at radius 1 is 0.960 bits per heavy atom. The van der Waals surface area contributed by atoms with Gasteiger partial charge in [0.15, 0.2) is 36.4 Å². The summed E-state index contributed by atoms with van der Waals surface area (Å²) in [6.07, 6.45) is 5.19. The van der Waals surface area contributed by atoms with Crippen LogP contribution in [-0.4, -0.2) is 89.1 Å². The zero-order chi connectivity index (χ0) is 37.8. The molecule has 0 bridgehead atoms. The lowest BCUT2D eigenvalue weighted by molar-refractivity contribution is -0.0353. The Morgan fingerprint density at radius 3 is 2.08 bits per heavy atom. The number of carbonyl (C=O) groups is 1. The number of hydrogen-bond acceptors (Lipinski definition) is 11. The summed E-state index contributed by atoms with van der Waals surface area (Å²) >= 11 is 0. The van der Waals surface area contributed by atoms with Crippen LogP contribution in [0.15, 0.2) is 18.7 Å². The summed E-state index contributed by atoms with van der Waals surface area (Å²) in [6, 6.07) is 0. The van der Waals surface area contributed by atoms with Crippen LogP contribution in [0.4, 0.5) is 5.82 Å². The van der Waals surface area contributed by atoms with Crippen molar-refractivity contribution in [1.29, 1.82) is 0 Å². The molecule has 1 aliphatic heterocycles. The first kappa shape index (κ1) is 40.3. The Hall–Kier alpha value is -2.48. The SMILES string of the molecule is CCOC(=O)c1cnn(-c2nc(N)c3ncn(C4OC(CO[Si](C)(C)C(C)(C)C)[C@@H](CC(C)(C)[Si](C)(C)O)[C@H]4CC(C)(C)[Si](C)(C)O)c3n2)c1. The van der Waals surface area contributed by atoms with Gasteiger partial charge in [-0.1, -0.05) is 48.5 Å². The highest BCUT2D eigenvalue weighted by molar-refractivity contribution is 6.74. The van der Waals surface area contributed by atoms with E-state index in [1.54, 1.807) is 13.3 Å². The van der Waals surface area contributed by atoms with Crippen LogP contribution in [0.3, 0.4) is 0 Å². The molecule has 13 nitrogen and oxygen atoms in total. The number of anilines is 1. The minimum atomic E-state index is -2.66. The van der Waals surface area contributed by atoms with E-state index in [-0.39, 0.29) is 57.0 Å². The second-order valence-corrected chi connectivity index (χ2v) is 31.6. The average Bonchev–Trinajstić information content (AvgIpc) is 3.68. The highest BCUT2D eigenvalue weighted by atomic mass is 28.4. The van der Waals surface area contributed by atoms with Gasteiger partial charge in [0.1, 0.15) is 11.7 Å². The van der Waals surface area contributed by atoms with Gasteiger partial charge in [-0.3, -0.25) is 4.57 Å². The van der Waals surface area contributed by atoms with Crippen molar-refractivity contribution in [1.82, 2.24) is 29.3 Å². The van der Waals surface area contributed by atoms with E-state index in [0.717, 1.165) is 6.42 Å². The number of nitrogens with zero attached hydrogens (tertiary/aromatic N) is 6. The third-order valence-electron chi connectivity index (χ3n) is 11.9. The highest BCUT2D eigenvalue weighted by Crippen LogP contribution is 2.56. The Kier molecular flexibility index (Phi) is 11.1. The molecule has 3 aromatic rings. The van der Waals surface area contributed by atoms with E-state index in [4.69, 9.17) is 24.6 Å². The van der Waals surface area contributed by atoms with Crippen molar-refractivity contribution in [2.45, 2.75) is 135 Å². The first-order chi connectivity index (χ1) is 22.7. The molecule has 1 aliphatic rings. The van der Waals surface area contributed by atoms with Gasteiger partial charge < -0.3 is 29.2 Å². The second-order valence-electron chi connectivity index (χ2n) is 17.9. The molecule has 4 N–H and O–H groups in total. The quantitative estimate of drug-likeness (QED) is 0.126. The lowest BCUT2D eigenvalue weighted by Crippen LogP contribution is -2.46. The van der Waals surface area contributed by atoms with Gasteiger partial charge in [-0.05, 0) is 80.1 Å². The molecule has 280 valence electrons. The molecule has 50 heavy (non-hydrogen) atoms. The fraction of sp³-hybridized carbons (Fsp3) is 0.735. The summed E-state index contributed by atoms with van der Waals surface area (Å²) in [7, 11) is -7.42. The van der Waals surface area contributed by atoms with Crippen LogP contribution in [0.25, 0.3) is 17.1 Å². The number of nitrogen functional groups attached to an aromatic ring is 1. The predicted molar refractivity (Wildman–Crippen MR) is 204 cm³/mol. The summed E-state index contributed by atoms with van der Waals surface area (Å²) in [6.45, 7) is 30.1. The third-order valence-corrected chi connectivity index (χ3v) is 23.5. The first-order valence-electron chi connectivity index (χ1n) is 17.7. The number of nitrogens with two attached hydrogens (primary N) is 1. The molecule has 1 saturated heterocycles. The number of hydrogen-bond donors (Lipinski definition) is 3. The fourth-order valence-corrected chi connectivity index (χ4v) is 8.47. The molecule has 0 spiro atoms. The van der Waals surface area contributed by atoms with Crippen LogP contribution in [0.2, 0.25) is 54.4 Å². The van der Waals surface area contributed by atoms with Gasteiger partial charge in [-0.15, -0.1) is 0 Å². The molecular formula is C34H61N7O6Si3. The van der Waals surface area contributed by atoms with Crippen molar-refractivity contribution in [3.05, 3.63) is 24.3 Å². The van der Waals surface area contributed by atoms with E-state index >= 15 is 0 Å². The first-order valence-corrected chi connectivity index (χ1v) is 26.5. The van der Waals surface area contributed by atoms with E-state index in [2.05, 4.69) is 76.6 Å². The van der Waals surface area contributed by atoms with Crippen LogP contribution in [0, 0.1) is 11.8 Å². The minimum absolute atomic E-state index is 0.0105. The van der Waals surface area contributed by atoms with Crippen molar-refractivity contribution in [3.63, 3.8) is 0 Å². The summed E-state index contributed by atoms with van der Waals surface area (Å²) in [5.74, 6) is -0.255. The van der Waals surface area contributed by atoms with E-state index < -0.39 is 37.1 Å². The lowest BCUT2D eigenvalue weighted by atomic mass is 9.78. The van der Waals surface area contributed by atoms with Crippen molar-refractivity contribution >= 4 is 47.9 Å². The molecule has 2 unspecified atom stereocenters. The third kappa shape index (κ3) is 8.10. The van der Waals surface area contributed by atoms with Crippen LogP contribution in [-0.2, 0) is 13.9 Å². The van der Waals surface area contributed by atoms with Gasteiger partial charge >= 0.3 is 5.97 Å². The topological polar surface area (TPSA) is 173 Å². The second kappa shape index (κ2) is 13.8. The highest BCUT2D eigenvalue weighted by Gasteiger charge is 2.54. The molecule has 0 amide bonds. The molecule has 0 saturated carbocycles. The van der Waals surface area contributed by atoms with Crippen LogP contribution in [0.5, 0.6) is 0 Å². The van der Waals surface area contributed by atoms with Gasteiger partial charge in [0.2, 0.25) is 0 Å². The zero-order valence-electron chi connectivity index (χ0n) is 32.7. The van der Waals surface area contributed by atoms with Crippen LogP contribution in [0.1, 0.15) is 84.8 Å². The van der Waals surface area contributed by atoms with E-state index in [1.165, 1.54) is 17.1 Å². The zero-order valence-corrected chi connectivity index (χ0v) is 35.7. The number of rotatable bonds is 13. The molecule has 4 atom stereocenters. The van der Waals surface area contributed by atoms with Gasteiger partial charge in [0.25, 0.3) is 5.95 Å². The predicted octanol–water partition coefficient (Wildman–Crippen LogP) is 6.66. The molecule has 3 aromatic heterocycles. The largest absolute Gasteiger partial charge is 0.462 e. The average molecular weight is 748 g/mol. The van der Waals surface area contributed by atoms with Gasteiger partial charge in [0.05, 0.1) is 37.4 Å². The van der Waals surface area contributed by atoms with Gasteiger partial charge in [-0.25, -0.2) is 14.5 Å². The number of ether oxygens (including phenoxy) is 2. The number of carbonyl (C=O) groups excluding carboxylic acids is 1. The van der Waals surface area contributed by atoms with E-state index in [0.29, 0.717) is 24.2 Å². The maximum atomic E-state index is 12.4. The number of esters is 1. The Bertz CT molecular complexity index is 1670. The van der Waals surface area contributed by atoms with Gasteiger partial charge in [-0.2, -0.15) is 15.1 Å². The molecule has 1 fully saturated rings. The Balaban J connectivity index is 1.87. The van der Waals surface area contributed by atoms with Crippen molar-refractivity contribution in [2.24, 2.45) is 11.8 Å². The van der Waals surface area contributed by atoms with Crippen LogP contribution >= 0.6 is 0 Å². The molecule has 16 heteroatoms. The summed E-state index contributed by atoms with van der Waals surface area (Å²) in [4.78, 5) is 49.4. The Morgan fingerprint density at radius 2 is 1.54 bits per heavy atom. The monoisotopic (exact) mass is 747 g/mol. The smallest absolute Gasteiger partial charge is 0.341 e. The number of aromatic nitrogens is 6. The van der Waals surface area contributed by atoms with Crippen molar-refractivity contribution in [2.75, 3.05) is 18.9 Å². The van der Waals surface area contributed by atoms with Crippen LogP contribution < -0.4 is 5.73 Å².